The second-order valence-electron chi connectivity index (χ2n) is 9.34. The number of nitrogen functional groups attached to an aromatic ring is 2. The minimum Gasteiger partial charge on any atom is -0.368 e. The molecule has 0 amide bonds. The molecule has 2 aromatic carbocycles. The zero-order chi connectivity index (χ0) is 28.1. The van der Waals surface area contributed by atoms with Crippen LogP contribution in [0.4, 0.5) is 35.2 Å². The molecular formula is C28H31N11S. The monoisotopic (exact) mass is 553 g/mol. The number of aromatic nitrogens is 6. The molecule has 0 saturated heterocycles. The topological polar surface area (TPSA) is 157 Å². The van der Waals surface area contributed by atoms with Crippen LogP contribution in [0.3, 0.4) is 0 Å². The fraction of sp³-hybridized carbons (Fsp3) is 0.214. The maximum atomic E-state index is 6.10. The lowest BCUT2D eigenvalue weighted by molar-refractivity contribution is 0.185. The summed E-state index contributed by atoms with van der Waals surface area (Å²) in [7, 11) is 0. The molecule has 5 aromatic rings. The van der Waals surface area contributed by atoms with E-state index >= 15 is 0 Å². The molecule has 12 heteroatoms. The van der Waals surface area contributed by atoms with Gasteiger partial charge in [0.15, 0.2) is 0 Å². The molecule has 0 aliphatic carbocycles. The molecule has 0 aliphatic heterocycles. The Labute approximate surface area is 236 Å². The summed E-state index contributed by atoms with van der Waals surface area (Å²) in [4.78, 5) is 30.2. The van der Waals surface area contributed by atoms with Gasteiger partial charge in [0.1, 0.15) is 11.6 Å². The van der Waals surface area contributed by atoms with Gasteiger partial charge in [0.05, 0.1) is 13.1 Å². The van der Waals surface area contributed by atoms with Crippen molar-refractivity contribution >= 4 is 46.5 Å². The Morgan fingerprint density at radius 3 is 1.65 bits per heavy atom. The van der Waals surface area contributed by atoms with Gasteiger partial charge in [0, 0.05) is 22.3 Å². The van der Waals surface area contributed by atoms with E-state index in [1.165, 1.54) is 4.88 Å². The van der Waals surface area contributed by atoms with Crippen molar-refractivity contribution in [1.82, 2.24) is 34.8 Å². The number of nitrogens with zero attached hydrogens (tertiary/aromatic N) is 7. The Balaban J connectivity index is 1.42. The van der Waals surface area contributed by atoms with Crippen LogP contribution in [0.2, 0.25) is 0 Å². The molecule has 3 aromatic heterocycles. The van der Waals surface area contributed by atoms with Crippen LogP contribution in [0, 0.1) is 13.8 Å². The zero-order valence-electron chi connectivity index (χ0n) is 22.5. The van der Waals surface area contributed by atoms with Crippen LogP contribution in [0.25, 0.3) is 0 Å². The van der Waals surface area contributed by atoms with Crippen LogP contribution in [-0.4, -0.2) is 34.8 Å². The Morgan fingerprint density at radius 1 is 0.700 bits per heavy atom. The Hall–Kier alpha value is -4.68. The number of para-hydroxylation sites is 2. The summed E-state index contributed by atoms with van der Waals surface area (Å²) in [6, 6.07) is 20.0. The molecule has 1 unspecified atom stereocenters. The molecule has 1 atom stereocenters. The fourth-order valence-electron chi connectivity index (χ4n) is 4.20. The third-order valence-electron chi connectivity index (χ3n) is 6.37. The molecule has 11 nitrogen and oxygen atoms in total. The van der Waals surface area contributed by atoms with E-state index in [4.69, 9.17) is 11.5 Å². The number of nitrogens with two attached hydrogens (primary N) is 2. The summed E-state index contributed by atoms with van der Waals surface area (Å²) in [6.45, 7) is 6.91. The van der Waals surface area contributed by atoms with Gasteiger partial charge in [-0.15, -0.1) is 11.3 Å². The fourth-order valence-corrected chi connectivity index (χ4v) is 5.02. The van der Waals surface area contributed by atoms with E-state index in [1.54, 1.807) is 11.3 Å². The van der Waals surface area contributed by atoms with Gasteiger partial charge in [-0.3, -0.25) is 4.90 Å². The third kappa shape index (κ3) is 6.65. The van der Waals surface area contributed by atoms with E-state index in [0.717, 1.165) is 22.5 Å². The molecule has 0 radical (unpaired) electrons. The first kappa shape index (κ1) is 26.9. The van der Waals surface area contributed by atoms with E-state index in [0.29, 0.717) is 36.6 Å². The van der Waals surface area contributed by atoms with Crippen molar-refractivity contribution in [2.24, 2.45) is 0 Å². The smallest absolute Gasteiger partial charge is 0.232 e. The highest BCUT2D eigenvalue weighted by Gasteiger charge is 2.22. The Bertz CT molecular complexity index is 1490. The highest BCUT2D eigenvalue weighted by atomic mass is 32.1. The Kier molecular flexibility index (Phi) is 8.08. The zero-order valence-corrected chi connectivity index (χ0v) is 23.4. The number of benzene rings is 2. The van der Waals surface area contributed by atoms with Crippen LogP contribution in [0.5, 0.6) is 0 Å². The van der Waals surface area contributed by atoms with Crippen LogP contribution in [0.15, 0.2) is 66.0 Å². The first-order chi connectivity index (χ1) is 19.3. The van der Waals surface area contributed by atoms with Gasteiger partial charge in [0.25, 0.3) is 0 Å². The van der Waals surface area contributed by atoms with Crippen molar-refractivity contribution in [3.63, 3.8) is 0 Å². The average molecular weight is 554 g/mol. The molecule has 0 spiro atoms. The lowest BCUT2D eigenvalue weighted by Gasteiger charge is -2.27. The van der Waals surface area contributed by atoms with Gasteiger partial charge in [-0.2, -0.15) is 29.9 Å². The molecule has 6 N–H and O–H groups in total. The van der Waals surface area contributed by atoms with Crippen molar-refractivity contribution < 1.29 is 0 Å². The minimum absolute atomic E-state index is 0.0107. The molecule has 3 heterocycles. The molecule has 0 bridgehead atoms. The van der Waals surface area contributed by atoms with E-state index in [1.807, 2.05) is 68.4 Å². The highest BCUT2D eigenvalue weighted by molar-refractivity contribution is 7.10. The standard InChI is InChI=1S/C28H31N11S/c1-17-9-4-6-11-20(17)31-27-35-23(33-25(29)37-27)15-39(19(3)22-13-8-14-40-22)16-24-34-26(30)38-28(36-24)32-21-12-7-5-10-18(21)2/h4-14,19H,15-16H2,1-3H3,(H3,29,31,33,35,37)(H3,30,32,34,36,38). The minimum atomic E-state index is 0.0107. The number of anilines is 6. The summed E-state index contributed by atoms with van der Waals surface area (Å²) in [5.41, 5.74) is 16.1. The number of hydrogen-bond donors (Lipinski definition) is 4. The molecule has 5 rings (SSSR count). The summed E-state index contributed by atoms with van der Waals surface area (Å²) in [6.07, 6.45) is 0. The van der Waals surface area contributed by atoms with Crippen molar-refractivity contribution in [3.8, 4) is 0 Å². The van der Waals surface area contributed by atoms with Gasteiger partial charge >= 0.3 is 0 Å². The maximum absolute atomic E-state index is 6.10. The first-order valence-corrected chi connectivity index (χ1v) is 13.7. The first-order valence-electron chi connectivity index (χ1n) is 12.8. The van der Waals surface area contributed by atoms with Crippen LogP contribution in [0.1, 0.15) is 40.6 Å². The van der Waals surface area contributed by atoms with Crippen molar-refractivity contribution in [2.45, 2.75) is 39.9 Å². The number of rotatable bonds is 10. The van der Waals surface area contributed by atoms with E-state index in [-0.39, 0.29) is 17.9 Å². The van der Waals surface area contributed by atoms with E-state index in [2.05, 4.69) is 63.8 Å². The second kappa shape index (κ2) is 12.0. The quantitative estimate of drug-likeness (QED) is 0.181. The van der Waals surface area contributed by atoms with Crippen LogP contribution < -0.4 is 22.1 Å². The summed E-state index contributed by atoms with van der Waals surface area (Å²) in [5.74, 6) is 2.08. The van der Waals surface area contributed by atoms with Crippen LogP contribution >= 0.6 is 11.3 Å². The van der Waals surface area contributed by atoms with Gasteiger partial charge in [-0.05, 0) is 55.5 Å². The average Bonchev–Trinajstić information content (AvgIpc) is 3.45. The normalized spacial score (nSPS) is 11.9. The SMILES string of the molecule is Cc1ccccc1Nc1nc(N)nc(CN(Cc2nc(N)nc(Nc3ccccc3C)n2)C(C)c2cccs2)n1. The molecular weight excluding hydrogens is 522 g/mol. The molecule has 0 aliphatic rings. The van der Waals surface area contributed by atoms with E-state index in [9.17, 15) is 0 Å². The number of thiophene rings is 1. The van der Waals surface area contributed by atoms with Crippen molar-refractivity contribution in [2.75, 3.05) is 22.1 Å². The van der Waals surface area contributed by atoms with E-state index < -0.39 is 0 Å². The van der Waals surface area contributed by atoms with Crippen molar-refractivity contribution in [3.05, 3.63) is 93.7 Å². The predicted molar refractivity (Wildman–Crippen MR) is 159 cm³/mol. The lowest BCUT2D eigenvalue weighted by atomic mass is 10.2. The third-order valence-corrected chi connectivity index (χ3v) is 7.42. The number of hydrogen-bond acceptors (Lipinski definition) is 12. The largest absolute Gasteiger partial charge is 0.368 e. The summed E-state index contributed by atoms with van der Waals surface area (Å²) < 4.78 is 0. The summed E-state index contributed by atoms with van der Waals surface area (Å²) >= 11 is 1.68. The highest BCUT2D eigenvalue weighted by Crippen LogP contribution is 2.28. The molecule has 40 heavy (non-hydrogen) atoms. The van der Waals surface area contributed by atoms with Crippen LogP contribution in [-0.2, 0) is 13.1 Å². The van der Waals surface area contributed by atoms with Gasteiger partial charge in [-0.25, -0.2) is 0 Å². The van der Waals surface area contributed by atoms with Gasteiger partial charge < -0.3 is 22.1 Å². The lowest BCUT2D eigenvalue weighted by Crippen LogP contribution is -2.28. The van der Waals surface area contributed by atoms with Crippen molar-refractivity contribution in [1.29, 1.82) is 0 Å². The Morgan fingerprint density at radius 2 is 1.20 bits per heavy atom. The van der Waals surface area contributed by atoms with Gasteiger partial charge in [0.2, 0.25) is 23.8 Å². The molecule has 204 valence electrons. The second-order valence-corrected chi connectivity index (χ2v) is 10.3. The predicted octanol–water partition coefficient (Wildman–Crippen LogP) is 5.15. The maximum Gasteiger partial charge on any atom is 0.232 e. The summed E-state index contributed by atoms with van der Waals surface area (Å²) in [5, 5.41) is 8.57. The number of nitrogens with one attached hydrogen (secondary N) is 2. The molecule has 0 fully saturated rings. The number of aryl methyl sites for hydroxylation is 2. The van der Waals surface area contributed by atoms with Gasteiger partial charge in [-0.1, -0.05) is 42.5 Å². The molecule has 0 saturated carbocycles.